The zero-order chi connectivity index (χ0) is 12.5. The van der Waals surface area contributed by atoms with Crippen LogP contribution in [0.5, 0.6) is 0 Å². The molecule has 1 aliphatic carbocycles. The lowest BCUT2D eigenvalue weighted by Crippen LogP contribution is -2.40. The molecule has 0 aromatic rings. The predicted molar refractivity (Wildman–Crippen MR) is 73.3 cm³/mol. The van der Waals surface area contributed by atoms with Crippen molar-refractivity contribution in [2.24, 2.45) is 0 Å². The lowest BCUT2D eigenvalue weighted by Gasteiger charge is -2.34. The van der Waals surface area contributed by atoms with Gasteiger partial charge in [-0.1, -0.05) is 12.8 Å². The van der Waals surface area contributed by atoms with Crippen molar-refractivity contribution in [3.63, 3.8) is 0 Å². The average molecular weight is 242 g/mol. The lowest BCUT2D eigenvalue weighted by molar-refractivity contribution is 0.173. The predicted octanol–water partition coefficient (Wildman–Crippen LogP) is 2.00. The molecule has 0 bridgehead atoms. The normalized spacial score (nSPS) is 25.4. The maximum atomic E-state index is 8.71. The van der Waals surface area contributed by atoms with Crippen LogP contribution in [-0.2, 0) is 0 Å². The third-order valence-corrected chi connectivity index (χ3v) is 4.15. The molecule has 102 valence electrons. The van der Waals surface area contributed by atoms with Crippen LogP contribution < -0.4 is 5.32 Å². The van der Waals surface area contributed by atoms with E-state index in [0.717, 1.165) is 18.5 Å². The molecule has 1 saturated carbocycles. The molecular weight excluding hydrogens is 212 g/mol. The van der Waals surface area contributed by atoms with Gasteiger partial charge in [0.2, 0.25) is 0 Å². The topological polar surface area (TPSA) is 35.5 Å². The molecule has 0 unspecified atom stereocenters. The zero-order valence-electron chi connectivity index (χ0n) is 11.6. The Morgan fingerprint density at radius 1 is 1.06 bits per heavy atom. The number of nitrogens with zero attached hydrogens (tertiary/aromatic N) is 1. The van der Waals surface area contributed by atoms with E-state index in [1.165, 1.54) is 51.5 Å². The van der Waals surface area contributed by atoms with Crippen LogP contribution in [0.25, 0.3) is 0 Å². The van der Waals surface area contributed by atoms with Crippen LogP contribution in [0.15, 0.2) is 0 Å². The second-order valence-electron chi connectivity index (χ2n) is 5.41. The molecule has 0 amide bonds. The van der Waals surface area contributed by atoms with E-state index in [4.69, 9.17) is 5.11 Å². The molecule has 0 saturated heterocycles. The van der Waals surface area contributed by atoms with Gasteiger partial charge in [0, 0.05) is 18.7 Å². The summed E-state index contributed by atoms with van der Waals surface area (Å²) in [5.74, 6) is 0. The molecule has 0 atom stereocenters. The highest BCUT2D eigenvalue weighted by molar-refractivity contribution is 4.80. The van der Waals surface area contributed by atoms with Crippen LogP contribution in [-0.4, -0.2) is 49.3 Å². The van der Waals surface area contributed by atoms with Gasteiger partial charge < -0.3 is 15.3 Å². The van der Waals surface area contributed by atoms with E-state index in [-0.39, 0.29) is 0 Å². The van der Waals surface area contributed by atoms with E-state index < -0.39 is 0 Å². The average Bonchev–Trinajstić information content (AvgIpc) is 2.38. The van der Waals surface area contributed by atoms with E-state index in [0.29, 0.717) is 6.61 Å². The number of nitrogens with one attached hydrogen (secondary N) is 1. The fraction of sp³-hybridized carbons (Fsp3) is 1.00. The molecule has 3 nitrogen and oxygen atoms in total. The molecule has 0 aromatic carbocycles. The maximum absolute atomic E-state index is 8.71. The highest BCUT2D eigenvalue weighted by Crippen LogP contribution is 2.22. The standard InChI is InChI=1S/C14H30N2O/c1-15-13-7-9-14(10-8-13)16(2)11-5-3-4-6-12-17/h13-15,17H,3-12H2,1-2H3. The van der Waals surface area contributed by atoms with E-state index in [9.17, 15) is 0 Å². The molecular formula is C14H30N2O. The molecule has 1 fully saturated rings. The van der Waals surface area contributed by atoms with E-state index >= 15 is 0 Å². The highest BCUT2D eigenvalue weighted by Gasteiger charge is 2.22. The van der Waals surface area contributed by atoms with Crippen molar-refractivity contribution in [1.82, 2.24) is 10.2 Å². The largest absolute Gasteiger partial charge is 0.396 e. The van der Waals surface area contributed by atoms with Crippen molar-refractivity contribution >= 4 is 0 Å². The van der Waals surface area contributed by atoms with E-state index in [1.54, 1.807) is 0 Å². The van der Waals surface area contributed by atoms with Crippen molar-refractivity contribution < 1.29 is 5.11 Å². The Morgan fingerprint density at radius 2 is 1.71 bits per heavy atom. The molecule has 1 rings (SSSR count). The third-order valence-electron chi connectivity index (χ3n) is 4.15. The summed E-state index contributed by atoms with van der Waals surface area (Å²) in [5, 5.41) is 12.1. The Balaban J connectivity index is 2.05. The summed E-state index contributed by atoms with van der Waals surface area (Å²) in [6, 6.07) is 1.56. The SMILES string of the molecule is CNC1CCC(N(C)CCCCCCO)CC1. The van der Waals surface area contributed by atoms with Gasteiger partial charge >= 0.3 is 0 Å². The van der Waals surface area contributed by atoms with Gasteiger partial charge in [-0.25, -0.2) is 0 Å². The molecule has 1 aliphatic rings. The minimum absolute atomic E-state index is 0.351. The summed E-state index contributed by atoms with van der Waals surface area (Å²) in [5.41, 5.74) is 0. The first kappa shape index (κ1) is 14.9. The van der Waals surface area contributed by atoms with Crippen molar-refractivity contribution in [3.05, 3.63) is 0 Å². The Hall–Kier alpha value is -0.120. The van der Waals surface area contributed by atoms with Crippen molar-refractivity contribution in [3.8, 4) is 0 Å². The Kier molecular flexibility index (Phi) is 7.82. The number of unbranched alkanes of at least 4 members (excludes halogenated alkanes) is 3. The summed E-state index contributed by atoms with van der Waals surface area (Å²) in [6.07, 6.45) is 10.0. The van der Waals surface area contributed by atoms with Crippen LogP contribution in [0.3, 0.4) is 0 Å². The van der Waals surface area contributed by atoms with Gasteiger partial charge in [0.05, 0.1) is 0 Å². The number of rotatable bonds is 8. The van der Waals surface area contributed by atoms with Gasteiger partial charge in [-0.2, -0.15) is 0 Å². The third kappa shape index (κ3) is 5.84. The van der Waals surface area contributed by atoms with E-state index in [1.807, 2.05) is 0 Å². The smallest absolute Gasteiger partial charge is 0.0431 e. The minimum atomic E-state index is 0.351. The monoisotopic (exact) mass is 242 g/mol. The number of hydrogen-bond acceptors (Lipinski definition) is 3. The molecule has 0 aromatic heterocycles. The Labute approximate surface area is 107 Å². The van der Waals surface area contributed by atoms with Crippen LogP contribution in [0.1, 0.15) is 51.4 Å². The number of aliphatic hydroxyl groups excluding tert-OH is 1. The minimum Gasteiger partial charge on any atom is -0.396 e. The fourth-order valence-electron chi connectivity index (χ4n) is 2.81. The molecule has 2 N–H and O–H groups in total. The first-order valence-electron chi connectivity index (χ1n) is 7.26. The van der Waals surface area contributed by atoms with Crippen LogP contribution in [0, 0.1) is 0 Å². The second kappa shape index (κ2) is 8.90. The summed E-state index contributed by atoms with van der Waals surface area (Å²) in [6.45, 7) is 1.57. The molecule has 0 heterocycles. The van der Waals surface area contributed by atoms with Crippen LogP contribution in [0.2, 0.25) is 0 Å². The van der Waals surface area contributed by atoms with Gasteiger partial charge in [-0.15, -0.1) is 0 Å². The summed E-state index contributed by atoms with van der Waals surface area (Å²) in [7, 11) is 4.35. The van der Waals surface area contributed by atoms with Crippen LogP contribution >= 0.6 is 0 Å². The van der Waals surface area contributed by atoms with Crippen molar-refractivity contribution in [2.75, 3.05) is 27.2 Å². The first-order valence-corrected chi connectivity index (χ1v) is 7.26. The lowest BCUT2D eigenvalue weighted by atomic mass is 9.90. The highest BCUT2D eigenvalue weighted by atomic mass is 16.2. The second-order valence-corrected chi connectivity index (χ2v) is 5.41. The van der Waals surface area contributed by atoms with Gasteiger partial charge in [-0.05, 0) is 59.2 Å². The fourth-order valence-corrected chi connectivity index (χ4v) is 2.81. The van der Waals surface area contributed by atoms with Crippen molar-refractivity contribution in [1.29, 1.82) is 0 Å². The molecule has 17 heavy (non-hydrogen) atoms. The van der Waals surface area contributed by atoms with Gasteiger partial charge in [0.15, 0.2) is 0 Å². The molecule has 0 aliphatic heterocycles. The molecule has 0 spiro atoms. The molecule has 0 radical (unpaired) electrons. The van der Waals surface area contributed by atoms with Gasteiger partial charge in [0.25, 0.3) is 0 Å². The number of hydrogen-bond donors (Lipinski definition) is 2. The van der Waals surface area contributed by atoms with Crippen molar-refractivity contribution in [2.45, 2.75) is 63.5 Å². The quantitative estimate of drug-likeness (QED) is 0.639. The summed E-state index contributed by atoms with van der Waals surface area (Å²) >= 11 is 0. The van der Waals surface area contributed by atoms with Crippen LogP contribution in [0.4, 0.5) is 0 Å². The van der Waals surface area contributed by atoms with Gasteiger partial charge in [-0.3, -0.25) is 0 Å². The zero-order valence-corrected chi connectivity index (χ0v) is 11.6. The van der Waals surface area contributed by atoms with Gasteiger partial charge in [0.1, 0.15) is 0 Å². The first-order chi connectivity index (χ1) is 8.27. The molecule has 3 heteroatoms. The van der Waals surface area contributed by atoms with E-state index in [2.05, 4.69) is 24.3 Å². The summed E-state index contributed by atoms with van der Waals surface area (Å²) < 4.78 is 0. The Bertz CT molecular complexity index is 179. The Morgan fingerprint density at radius 3 is 2.29 bits per heavy atom. The maximum Gasteiger partial charge on any atom is 0.0431 e. The summed E-state index contributed by atoms with van der Waals surface area (Å²) in [4.78, 5) is 2.55. The number of aliphatic hydroxyl groups is 1.